The molecule has 22 heavy (non-hydrogen) atoms. The first kappa shape index (κ1) is 12.9. The number of fused-ring (bicyclic) bond motifs is 2. The molecule has 5 heteroatoms. The van der Waals surface area contributed by atoms with E-state index in [0.29, 0.717) is 12.1 Å². The molecular formula is C17H16N4O. The van der Waals surface area contributed by atoms with E-state index >= 15 is 0 Å². The van der Waals surface area contributed by atoms with Gasteiger partial charge in [0.15, 0.2) is 0 Å². The summed E-state index contributed by atoms with van der Waals surface area (Å²) in [6.45, 7) is 1.54. The molecule has 0 radical (unpaired) electrons. The fourth-order valence-corrected chi connectivity index (χ4v) is 2.87. The van der Waals surface area contributed by atoms with Crippen LogP contribution in [0, 0.1) is 0 Å². The number of H-pyrrole nitrogens is 1. The van der Waals surface area contributed by atoms with E-state index in [1.54, 1.807) is 17.1 Å². The Balaban J connectivity index is 1.52. The maximum atomic E-state index is 12.3. The van der Waals surface area contributed by atoms with E-state index in [4.69, 9.17) is 0 Å². The standard InChI is InChI=1S/C17H16N4O/c22-17-16-14(6-8-18-16)19-12-21(17)10-3-9-20-11-7-13-4-1-2-5-15(13)20/h1-2,4-8,11-12,18H,3,9-10H2. The number of hydrogen-bond acceptors (Lipinski definition) is 2. The maximum absolute atomic E-state index is 12.3. The molecule has 3 heterocycles. The van der Waals surface area contributed by atoms with Crippen LogP contribution in [0.2, 0.25) is 0 Å². The highest BCUT2D eigenvalue weighted by atomic mass is 16.1. The Hall–Kier alpha value is -2.82. The van der Waals surface area contributed by atoms with Crippen molar-refractivity contribution in [1.82, 2.24) is 19.1 Å². The summed E-state index contributed by atoms with van der Waals surface area (Å²) in [6.07, 6.45) is 6.36. The lowest BCUT2D eigenvalue weighted by Gasteiger charge is -2.07. The van der Waals surface area contributed by atoms with E-state index in [2.05, 4.69) is 38.9 Å². The minimum Gasteiger partial charge on any atom is -0.355 e. The van der Waals surface area contributed by atoms with Crippen molar-refractivity contribution in [1.29, 1.82) is 0 Å². The highest BCUT2D eigenvalue weighted by molar-refractivity contribution is 5.79. The van der Waals surface area contributed by atoms with Crippen molar-refractivity contribution in [3.8, 4) is 0 Å². The first-order chi connectivity index (χ1) is 10.8. The Labute approximate surface area is 126 Å². The number of rotatable bonds is 4. The van der Waals surface area contributed by atoms with Crippen LogP contribution >= 0.6 is 0 Å². The van der Waals surface area contributed by atoms with E-state index in [0.717, 1.165) is 18.5 Å². The van der Waals surface area contributed by atoms with E-state index in [-0.39, 0.29) is 5.56 Å². The average Bonchev–Trinajstić information content (AvgIpc) is 3.17. The van der Waals surface area contributed by atoms with Gasteiger partial charge in [-0.25, -0.2) is 4.98 Å². The molecule has 0 saturated carbocycles. The summed E-state index contributed by atoms with van der Waals surface area (Å²) in [6, 6.07) is 12.3. The topological polar surface area (TPSA) is 55.6 Å². The summed E-state index contributed by atoms with van der Waals surface area (Å²) in [5.74, 6) is 0. The van der Waals surface area contributed by atoms with Gasteiger partial charge in [0.2, 0.25) is 0 Å². The third kappa shape index (κ3) is 2.11. The van der Waals surface area contributed by atoms with Crippen LogP contribution in [0.4, 0.5) is 0 Å². The molecule has 0 unspecified atom stereocenters. The van der Waals surface area contributed by atoms with Crippen molar-refractivity contribution in [2.75, 3.05) is 0 Å². The van der Waals surface area contributed by atoms with Crippen LogP contribution < -0.4 is 5.56 Å². The summed E-state index contributed by atoms with van der Waals surface area (Å²) >= 11 is 0. The van der Waals surface area contributed by atoms with Gasteiger partial charge < -0.3 is 9.55 Å². The molecule has 1 aromatic carbocycles. The zero-order valence-electron chi connectivity index (χ0n) is 12.1. The Bertz CT molecular complexity index is 992. The lowest BCUT2D eigenvalue weighted by atomic mass is 10.2. The van der Waals surface area contributed by atoms with E-state index < -0.39 is 0 Å². The molecule has 0 saturated heterocycles. The van der Waals surface area contributed by atoms with Crippen molar-refractivity contribution < 1.29 is 0 Å². The molecule has 0 aliphatic carbocycles. The Morgan fingerprint density at radius 3 is 2.86 bits per heavy atom. The zero-order valence-corrected chi connectivity index (χ0v) is 12.1. The minimum absolute atomic E-state index is 0.00707. The Morgan fingerprint density at radius 2 is 1.91 bits per heavy atom. The van der Waals surface area contributed by atoms with Gasteiger partial charge in [-0.05, 0) is 30.0 Å². The molecule has 4 rings (SSSR count). The van der Waals surface area contributed by atoms with Gasteiger partial charge >= 0.3 is 0 Å². The minimum atomic E-state index is -0.00707. The fraction of sp³-hybridized carbons (Fsp3) is 0.176. The lowest BCUT2D eigenvalue weighted by molar-refractivity contribution is 0.559. The van der Waals surface area contributed by atoms with Crippen molar-refractivity contribution in [2.45, 2.75) is 19.5 Å². The molecule has 110 valence electrons. The van der Waals surface area contributed by atoms with Crippen LogP contribution in [0.3, 0.4) is 0 Å². The van der Waals surface area contributed by atoms with Crippen molar-refractivity contribution in [2.24, 2.45) is 0 Å². The molecular weight excluding hydrogens is 276 g/mol. The van der Waals surface area contributed by atoms with Gasteiger partial charge in [-0.2, -0.15) is 0 Å². The predicted molar refractivity (Wildman–Crippen MR) is 86.9 cm³/mol. The number of nitrogens with zero attached hydrogens (tertiary/aromatic N) is 3. The molecule has 0 aliphatic heterocycles. The SMILES string of the molecule is O=c1c2[nH]ccc2ncn1CCCn1ccc2ccccc21. The van der Waals surface area contributed by atoms with Gasteiger partial charge in [0.05, 0.1) is 11.8 Å². The smallest absolute Gasteiger partial charge is 0.277 e. The monoisotopic (exact) mass is 292 g/mol. The van der Waals surface area contributed by atoms with Crippen LogP contribution in [-0.2, 0) is 13.1 Å². The third-order valence-electron chi connectivity index (χ3n) is 4.01. The van der Waals surface area contributed by atoms with Crippen molar-refractivity contribution in [3.05, 3.63) is 65.5 Å². The van der Waals surface area contributed by atoms with Gasteiger partial charge in [0.1, 0.15) is 5.52 Å². The molecule has 0 fully saturated rings. The number of para-hydroxylation sites is 1. The number of hydrogen-bond donors (Lipinski definition) is 1. The maximum Gasteiger partial charge on any atom is 0.277 e. The number of aryl methyl sites for hydroxylation is 2. The highest BCUT2D eigenvalue weighted by Crippen LogP contribution is 2.15. The van der Waals surface area contributed by atoms with Gasteiger partial charge in [0, 0.05) is 31.0 Å². The van der Waals surface area contributed by atoms with Crippen LogP contribution in [-0.4, -0.2) is 19.1 Å². The highest BCUT2D eigenvalue weighted by Gasteiger charge is 2.05. The van der Waals surface area contributed by atoms with Crippen LogP contribution in [0.15, 0.2) is 59.9 Å². The molecule has 0 aliphatic rings. The first-order valence-corrected chi connectivity index (χ1v) is 7.39. The molecule has 0 atom stereocenters. The van der Waals surface area contributed by atoms with Crippen molar-refractivity contribution >= 4 is 21.9 Å². The second kappa shape index (κ2) is 5.18. The second-order valence-electron chi connectivity index (χ2n) is 5.40. The number of nitrogens with one attached hydrogen (secondary N) is 1. The van der Waals surface area contributed by atoms with Gasteiger partial charge in [-0.1, -0.05) is 18.2 Å². The molecule has 3 aromatic heterocycles. The number of aromatic amines is 1. The summed E-state index contributed by atoms with van der Waals surface area (Å²) in [5, 5.41) is 1.24. The summed E-state index contributed by atoms with van der Waals surface area (Å²) in [5.41, 5.74) is 2.52. The molecule has 0 amide bonds. The molecule has 0 bridgehead atoms. The summed E-state index contributed by atoms with van der Waals surface area (Å²) in [4.78, 5) is 19.5. The van der Waals surface area contributed by atoms with Gasteiger partial charge in [-0.3, -0.25) is 9.36 Å². The van der Waals surface area contributed by atoms with E-state index in [9.17, 15) is 4.79 Å². The first-order valence-electron chi connectivity index (χ1n) is 7.39. The molecule has 1 N–H and O–H groups in total. The van der Waals surface area contributed by atoms with E-state index in [1.165, 1.54) is 10.9 Å². The van der Waals surface area contributed by atoms with Crippen LogP contribution in [0.5, 0.6) is 0 Å². The molecule has 5 nitrogen and oxygen atoms in total. The quantitative estimate of drug-likeness (QED) is 0.629. The Kier molecular flexibility index (Phi) is 3.04. The zero-order chi connectivity index (χ0) is 14.9. The average molecular weight is 292 g/mol. The van der Waals surface area contributed by atoms with E-state index in [1.807, 2.05) is 18.2 Å². The number of aromatic nitrogens is 4. The largest absolute Gasteiger partial charge is 0.355 e. The molecule has 4 aromatic rings. The predicted octanol–water partition coefficient (Wildman–Crippen LogP) is 2.77. The lowest BCUT2D eigenvalue weighted by Crippen LogP contribution is -2.21. The normalized spacial score (nSPS) is 11.5. The van der Waals surface area contributed by atoms with Crippen LogP contribution in [0.1, 0.15) is 6.42 Å². The fourth-order valence-electron chi connectivity index (χ4n) is 2.87. The third-order valence-corrected chi connectivity index (χ3v) is 4.01. The van der Waals surface area contributed by atoms with Crippen LogP contribution in [0.25, 0.3) is 21.9 Å². The molecule has 0 spiro atoms. The number of benzene rings is 1. The Morgan fingerprint density at radius 1 is 1.05 bits per heavy atom. The van der Waals surface area contributed by atoms with Crippen molar-refractivity contribution in [3.63, 3.8) is 0 Å². The second-order valence-corrected chi connectivity index (χ2v) is 5.40. The summed E-state index contributed by atoms with van der Waals surface area (Å²) < 4.78 is 3.89. The van der Waals surface area contributed by atoms with Gasteiger partial charge in [0.25, 0.3) is 5.56 Å². The summed E-state index contributed by atoms with van der Waals surface area (Å²) in [7, 11) is 0. The van der Waals surface area contributed by atoms with Gasteiger partial charge in [-0.15, -0.1) is 0 Å².